The highest BCUT2D eigenvalue weighted by atomic mass is 16.3. The summed E-state index contributed by atoms with van der Waals surface area (Å²) in [5, 5.41) is 10.6. The highest BCUT2D eigenvalue weighted by Gasteiger charge is 2.27. The lowest BCUT2D eigenvalue weighted by Crippen LogP contribution is -2.27. The van der Waals surface area contributed by atoms with Gasteiger partial charge < -0.3 is 10.0 Å². The number of aliphatic hydroxyl groups is 1. The molecule has 3 nitrogen and oxygen atoms in total. The Balaban J connectivity index is 2.16. The lowest BCUT2D eigenvalue weighted by Gasteiger charge is -2.25. The van der Waals surface area contributed by atoms with Gasteiger partial charge in [-0.1, -0.05) is 25.1 Å². The van der Waals surface area contributed by atoms with E-state index >= 15 is 0 Å². The van der Waals surface area contributed by atoms with Crippen molar-refractivity contribution >= 4 is 16.6 Å². The van der Waals surface area contributed by atoms with E-state index in [1.807, 2.05) is 18.2 Å². The van der Waals surface area contributed by atoms with Gasteiger partial charge >= 0.3 is 0 Å². The monoisotopic (exact) mass is 256 g/mol. The summed E-state index contributed by atoms with van der Waals surface area (Å²) in [4.78, 5) is 6.95. The molecule has 1 aliphatic rings. The SMILES string of the molecule is CC1CC(C)N(c2cc(CO)nc3ccccc23)C1. The van der Waals surface area contributed by atoms with Gasteiger partial charge in [0.15, 0.2) is 0 Å². The Labute approximate surface area is 113 Å². The number of benzene rings is 1. The second kappa shape index (κ2) is 4.82. The summed E-state index contributed by atoms with van der Waals surface area (Å²) in [6, 6.07) is 10.8. The summed E-state index contributed by atoms with van der Waals surface area (Å²) in [6.07, 6.45) is 1.23. The van der Waals surface area contributed by atoms with Crippen LogP contribution >= 0.6 is 0 Å². The molecule has 1 fully saturated rings. The molecule has 0 bridgehead atoms. The van der Waals surface area contributed by atoms with Gasteiger partial charge in [-0.3, -0.25) is 4.98 Å². The van der Waals surface area contributed by atoms with Crippen molar-refractivity contribution in [1.82, 2.24) is 4.98 Å². The number of hydrogen-bond donors (Lipinski definition) is 1. The fourth-order valence-electron chi connectivity index (χ4n) is 3.16. The molecule has 2 aromatic rings. The van der Waals surface area contributed by atoms with Crippen LogP contribution in [0.2, 0.25) is 0 Å². The fraction of sp³-hybridized carbons (Fsp3) is 0.438. The summed E-state index contributed by atoms with van der Waals surface area (Å²) in [5.41, 5.74) is 2.93. The van der Waals surface area contributed by atoms with Gasteiger partial charge in [-0.15, -0.1) is 0 Å². The molecule has 2 atom stereocenters. The molecule has 2 heterocycles. The van der Waals surface area contributed by atoms with Crippen molar-refractivity contribution in [2.45, 2.75) is 32.9 Å². The van der Waals surface area contributed by atoms with Gasteiger partial charge in [-0.05, 0) is 31.4 Å². The predicted octanol–water partition coefficient (Wildman–Crippen LogP) is 2.96. The van der Waals surface area contributed by atoms with Crippen molar-refractivity contribution in [1.29, 1.82) is 0 Å². The van der Waals surface area contributed by atoms with Gasteiger partial charge in [0.25, 0.3) is 0 Å². The van der Waals surface area contributed by atoms with Gasteiger partial charge in [0.05, 0.1) is 17.8 Å². The van der Waals surface area contributed by atoms with Crippen LogP contribution in [0, 0.1) is 5.92 Å². The quantitative estimate of drug-likeness (QED) is 0.897. The molecule has 1 saturated heterocycles. The molecule has 0 saturated carbocycles. The molecule has 1 aromatic carbocycles. The van der Waals surface area contributed by atoms with Crippen molar-refractivity contribution in [2.75, 3.05) is 11.4 Å². The first kappa shape index (κ1) is 12.4. The number of rotatable bonds is 2. The Morgan fingerprint density at radius 1 is 1.32 bits per heavy atom. The Bertz CT molecular complexity index is 596. The van der Waals surface area contributed by atoms with E-state index in [1.54, 1.807) is 0 Å². The third-order valence-electron chi connectivity index (χ3n) is 4.00. The molecule has 2 unspecified atom stereocenters. The molecule has 3 rings (SSSR count). The van der Waals surface area contributed by atoms with Gasteiger partial charge in [0, 0.05) is 23.7 Å². The predicted molar refractivity (Wildman–Crippen MR) is 78.3 cm³/mol. The van der Waals surface area contributed by atoms with Crippen molar-refractivity contribution in [2.24, 2.45) is 5.92 Å². The second-order valence-corrected chi connectivity index (χ2v) is 5.65. The molecule has 0 radical (unpaired) electrons. The minimum Gasteiger partial charge on any atom is -0.390 e. The smallest absolute Gasteiger partial charge is 0.0854 e. The maximum absolute atomic E-state index is 9.40. The summed E-state index contributed by atoms with van der Waals surface area (Å²) in [5.74, 6) is 0.722. The molecule has 0 aliphatic carbocycles. The van der Waals surface area contributed by atoms with Crippen molar-refractivity contribution < 1.29 is 5.11 Å². The lowest BCUT2D eigenvalue weighted by molar-refractivity contribution is 0.277. The van der Waals surface area contributed by atoms with E-state index in [1.165, 1.54) is 17.5 Å². The number of aromatic nitrogens is 1. The maximum Gasteiger partial charge on any atom is 0.0854 e. The van der Waals surface area contributed by atoms with E-state index in [9.17, 15) is 5.11 Å². The Morgan fingerprint density at radius 3 is 2.79 bits per heavy atom. The number of para-hydroxylation sites is 1. The minimum atomic E-state index is -0.00436. The number of nitrogens with zero attached hydrogens (tertiary/aromatic N) is 2. The average molecular weight is 256 g/mol. The molecule has 19 heavy (non-hydrogen) atoms. The third-order valence-corrected chi connectivity index (χ3v) is 4.00. The van der Waals surface area contributed by atoms with E-state index in [-0.39, 0.29) is 6.61 Å². The number of anilines is 1. The summed E-state index contributed by atoms with van der Waals surface area (Å²) in [6.45, 7) is 5.65. The van der Waals surface area contributed by atoms with E-state index in [0.29, 0.717) is 6.04 Å². The van der Waals surface area contributed by atoms with E-state index in [4.69, 9.17) is 0 Å². The lowest BCUT2D eigenvalue weighted by atomic mass is 10.1. The van der Waals surface area contributed by atoms with Crippen LogP contribution in [0.25, 0.3) is 10.9 Å². The number of fused-ring (bicyclic) bond motifs is 1. The van der Waals surface area contributed by atoms with Crippen molar-refractivity contribution in [3.8, 4) is 0 Å². The van der Waals surface area contributed by atoms with Crippen LogP contribution in [0.1, 0.15) is 26.0 Å². The van der Waals surface area contributed by atoms with Gasteiger partial charge in [0.1, 0.15) is 0 Å². The second-order valence-electron chi connectivity index (χ2n) is 5.65. The highest BCUT2D eigenvalue weighted by Crippen LogP contribution is 2.34. The largest absolute Gasteiger partial charge is 0.390 e. The Morgan fingerprint density at radius 2 is 2.11 bits per heavy atom. The Hall–Kier alpha value is -1.61. The summed E-state index contributed by atoms with van der Waals surface area (Å²) in [7, 11) is 0. The molecule has 0 spiro atoms. The topological polar surface area (TPSA) is 36.4 Å². The average Bonchev–Trinajstić information content (AvgIpc) is 2.76. The third kappa shape index (κ3) is 2.19. The van der Waals surface area contributed by atoms with Crippen molar-refractivity contribution in [3.63, 3.8) is 0 Å². The van der Waals surface area contributed by atoms with E-state index in [0.717, 1.165) is 23.7 Å². The molecular weight excluding hydrogens is 236 g/mol. The molecule has 0 amide bonds. The Kier molecular flexibility index (Phi) is 3.15. The summed E-state index contributed by atoms with van der Waals surface area (Å²) < 4.78 is 0. The zero-order valence-electron chi connectivity index (χ0n) is 11.5. The van der Waals surface area contributed by atoms with E-state index < -0.39 is 0 Å². The minimum absolute atomic E-state index is 0.00436. The van der Waals surface area contributed by atoms with Crippen molar-refractivity contribution in [3.05, 3.63) is 36.0 Å². The van der Waals surface area contributed by atoms with Crippen LogP contribution in [0.15, 0.2) is 30.3 Å². The van der Waals surface area contributed by atoms with Gasteiger partial charge in [-0.25, -0.2) is 0 Å². The molecular formula is C16H20N2O. The van der Waals surface area contributed by atoms with Crippen LogP contribution in [0.3, 0.4) is 0 Å². The molecule has 100 valence electrons. The van der Waals surface area contributed by atoms with E-state index in [2.05, 4.69) is 35.9 Å². The zero-order chi connectivity index (χ0) is 13.4. The fourth-order valence-corrected chi connectivity index (χ4v) is 3.16. The summed E-state index contributed by atoms with van der Waals surface area (Å²) >= 11 is 0. The first-order valence-electron chi connectivity index (χ1n) is 6.95. The molecule has 1 aliphatic heterocycles. The first-order chi connectivity index (χ1) is 9.19. The van der Waals surface area contributed by atoms with Crippen LogP contribution in [-0.2, 0) is 6.61 Å². The standard InChI is InChI=1S/C16H20N2O/c1-11-7-12(2)18(9-11)16-8-13(10-19)17-15-6-4-3-5-14(15)16/h3-6,8,11-12,19H,7,9-10H2,1-2H3. The maximum atomic E-state index is 9.40. The van der Waals surface area contributed by atoms with Crippen LogP contribution in [0.5, 0.6) is 0 Å². The first-order valence-corrected chi connectivity index (χ1v) is 6.95. The number of hydrogen-bond acceptors (Lipinski definition) is 3. The highest BCUT2D eigenvalue weighted by molar-refractivity contribution is 5.92. The zero-order valence-corrected chi connectivity index (χ0v) is 11.5. The van der Waals surface area contributed by atoms with Crippen LogP contribution in [-0.4, -0.2) is 22.7 Å². The number of pyridine rings is 1. The number of aliphatic hydroxyl groups excluding tert-OH is 1. The molecule has 1 N–H and O–H groups in total. The van der Waals surface area contributed by atoms with Gasteiger partial charge in [-0.2, -0.15) is 0 Å². The van der Waals surface area contributed by atoms with Gasteiger partial charge in [0.2, 0.25) is 0 Å². The normalized spacial score (nSPS) is 23.2. The van der Waals surface area contributed by atoms with Crippen LogP contribution < -0.4 is 4.90 Å². The molecule has 1 aromatic heterocycles. The van der Waals surface area contributed by atoms with Crippen LogP contribution in [0.4, 0.5) is 5.69 Å². The molecule has 3 heteroatoms.